The van der Waals surface area contributed by atoms with E-state index in [0.717, 1.165) is 17.7 Å². The maximum atomic E-state index is 13.0. The number of cyclic esters (lactones) is 1. The number of esters is 2. The molecular formula is C21H18BrF3O4. The Bertz CT molecular complexity index is 898. The van der Waals surface area contributed by atoms with Gasteiger partial charge in [-0.1, -0.05) is 58.4 Å². The summed E-state index contributed by atoms with van der Waals surface area (Å²) < 4.78 is 49.3. The van der Waals surface area contributed by atoms with Gasteiger partial charge in [-0.3, -0.25) is 9.59 Å². The average Bonchev–Trinajstić information content (AvgIpc) is 3.01. The van der Waals surface area contributed by atoms with Gasteiger partial charge in [0, 0.05) is 11.8 Å². The lowest BCUT2D eigenvalue weighted by molar-refractivity contribution is -0.164. The largest absolute Gasteiger partial charge is 0.468 e. The fourth-order valence-electron chi connectivity index (χ4n) is 3.65. The lowest BCUT2D eigenvalue weighted by Gasteiger charge is -2.28. The molecule has 0 bridgehead atoms. The summed E-state index contributed by atoms with van der Waals surface area (Å²) in [4.78, 5) is 25.6. The summed E-state index contributed by atoms with van der Waals surface area (Å²) in [6, 6.07) is 13.4. The Labute approximate surface area is 174 Å². The average molecular weight is 471 g/mol. The molecule has 3 rings (SSSR count). The van der Waals surface area contributed by atoms with Crippen LogP contribution >= 0.6 is 15.9 Å². The van der Waals surface area contributed by atoms with Gasteiger partial charge < -0.3 is 9.47 Å². The second-order valence-electron chi connectivity index (χ2n) is 7.01. The first kappa shape index (κ1) is 21.4. The predicted molar refractivity (Wildman–Crippen MR) is 102 cm³/mol. The van der Waals surface area contributed by atoms with E-state index in [1.165, 1.54) is 19.2 Å². The number of carbonyl (C=O) groups excluding carboxylic acids is 2. The van der Waals surface area contributed by atoms with Crippen molar-refractivity contribution in [3.8, 4) is 0 Å². The van der Waals surface area contributed by atoms with Crippen LogP contribution in [0.25, 0.3) is 0 Å². The second kappa shape index (κ2) is 7.82. The topological polar surface area (TPSA) is 52.6 Å². The van der Waals surface area contributed by atoms with Crippen molar-refractivity contribution in [1.82, 2.24) is 0 Å². The van der Waals surface area contributed by atoms with Gasteiger partial charge in [-0.15, -0.1) is 0 Å². The number of ether oxygens (including phenoxy) is 2. The van der Waals surface area contributed by atoms with Crippen molar-refractivity contribution < 1.29 is 32.2 Å². The molecule has 8 heteroatoms. The molecule has 2 aromatic rings. The van der Waals surface area contributed by atoms with Crippen molar-refractivity contribution in [3.05, 3.63) is 71.3 Å². The van der Waals surface area contributed by atoms with Gasteiger partial charge in [0.15, 0.2) is 5.41 Å². The fourth-order valence-corrected chi connectivity index (χ4v) is 4.28. The van der Waals surface area contributed by atoms with Crippen LogP contribution in [-0.4, -0.2) is 24.4 Å². The van der Waals surface area contributed by atoms with E-state index in [0.29, 0.717) is 5.56 Å². The molecule has 0 aliphatic carbocycles. The first-order chi connectivity index (χ1) is 13.7. The van der Waals surface area contributed by atoms with Crippen LogP contribution in [0.2, 0.25) is 0 Å². The van der Waals surface area contributed by atoms with Gasteiger partial charge in [-0.2, -0.15) is 13.2 Å². The quantitative estimate of drug-likeness (QED) is 0.362. The zero-order valence-corrected chi connectivity index (χ0v) is 17.0. The zero-order chi connectivity index (χ0) is 21.3. The molecule has 0 spiro atoms. The number of methoxy groups -OCH3 is 1. The Balaban J connectivity index is 2.02. The molecule has 0 unspecified atom stereocenters. The van der Waals surface area contributed by atoms with Gasteiger partial charge in [-0.25, -0.2) is 0 Å². The minimum atomic E-state index is -4.48. The van der Waals surface area contributed by atoms with E-state index in [2.05, 4.69) is 15.9 Å². The molecule has 0 saturated carbocycles. The lowest BCUT2D eigenvalue weighted by atomic mass is 9.74. The SMILES string of the molecule is COC(=O)[C@]1(Cc2ccccc2)C[C@@](CBr)(c2ccc(C(F)(F)F)cc2)OC1=O. The normalized spacial score (nSPS) is 24.2. The van der Waals surface area contributed by atoms with E-state index in [-0.39, 0.29) is 18.2 Å². The molecule has 0 amide bonds. The summed E-state index contributed by atoms with van der Waals surface area (Å²) in [5, 5.41) is 0.116. The Hall–Kier alpha value is -2.35. The van der Waals surface area contributed by atoms with Crippen molar-refractivity contribution in [1.29, 1.82) is 0 Å². The van der Waals surface area contributed by atoms with Gasteiger partial charge in [0.2, 0.25) is 0 Å². The molecule has 0 N–H and O–H groups in total. The van der Waals surface area contributed by atoms with Gasteiger partial charge >= 0.3 is 18.1 Å². The third kappa shape index (κ3) is 3.90. The summed E-state index contributed by atoms with van der Waals surface area (Å²) >= 11 is 3.31. The van der Waals surface area contributed by atoms with Crippen molar-refractivity contribution >= 4 is 27.9 Å². The van der Waals surface area contributed by atoms with E-state index in [1.807, 2.05) is 6.07 Å². The fraction of sp³-hybridized carbons (Fsp3) is 0.333. The van der Waals surface area contributed by atoms with Crippen LogP contribution in [0.4, 0.5) is 13.2 Å². The highest BCUT2D eigenvalue weighted by atomic mass is 79.9. The Morgan fingerprint density at radius 1 is 1.14 bits per heavy atom. The van der Waals surface area contributed by atoms with Crippen molar-refractivity contribution in [3.63, 3.8) is 0 Å². The van der Waals surface area contributed by atoms with Crippen molar-refractivity contribution in [2.24, 2.45) is 5.41 Å². The molecule has 1 aliphatic heterocycles. The highest BCUT2D eigenvalue weighted by molar-refractivity contribution is 9.09. The van der Waals surface area contributed by atoms with Crippen LogP contribution < -0.4 is 0 Å². The third-order valence-corrected chi connectivity index (χ3v) is 6.05. The molecule has 1 fully saturated rings. The minimum Gasteiger partial charge on any atom is -0.468 e. The molecule has 1 saturated heterocycles. The minimum absolute atomic E-state index is 0.0585. The van der Waals surface area contributed by atoms with Gasteiger partial charge in [0.05, 0.1) is 12.7 Å². The Kier molecular flexibility index (Phi) is 5.76. The molecule has 1 aliphatic rings. The maximum Gasteiger partial charge on any atom is 0.416 e. The molecule has 2 aromatic carbocycles. The predicted octanol–water partition coefficient (Wildman–Crippen LogP) is 4.64. The first-order valence-corrected chi connectivity index (χ1v) is 9.88. The molecule has 154 valence electrons. The Morgan fingerprint density at radius 2 is 1.76 bits per heavy atom. The van der Waals surface area contributed by atoms with Gasteiger partial charge in [0.1, 0.15) is 5.60 Å². The van der Waals surface area contributed by atoms with Crippen molar-refractivity contribution in [2.75, 3.05) is 12.4 Å². The number of carbonyl (C=O) groups is 2. The highest BCUT2D eigenvalue weighted by Crippen LogP contribution is 2.50. The maximum absolute atomic E-state index is 13.0. The summed E-state index contributed by atoms with van der Waals surface area (Å²) in [5.41, 5.74) is -2.57. The Morgan fingerprint density at radius 3 is 2.28 bits per heavy atom. The van der Waals surface area contributed by atoms with E-state index < -0.39 is 34.7 Å². The van der Waals surface area contributed by atoms with Crippen molar-refractivity contribution in [2.45, 2.75) is 24.6 Å². The summed E-state index contributed by atoms with van der Waals surface area (Å²) in [7, 11) is 1.19. The summed E-state index contributed by atoms with van der Waals surface area (Å²) in [6.45, 7) is 0. The number of hydrogen-bond donors (Lipinski definition) is 0. The summed E-state index contributed by atoms with van der Waals surface area (Å²) in [6.07, 6.45) is -4.47. The van der Waals surface area contributed by atoms with E-state index in [4.69, 9.17) is 9.47 Å². The van der Waals surface area contributed by atoms with Crippen LogP contribution in [0.15, 0.2) is 54.6 Å². The molecule has 0 aromatic heterocycles. The van der Waals surface area contributed by atoms with Crippen LogP contribution in [0.1, 0.15) is 23.1 Å². The number of rotatable bonds is 5. The molecule has 0 radical (unpaired) electrons. The van der Waals surface area contributed by atoms with Crippen LogP contribution in [-0.2, 0) is 37.3 Å². The van der Waals surface area contributed by atoms with Gasteiger partial charge in [0.25, 0.3) is 0 Å². The zero-order valence-electron chi connectivity index (χ0n) is 15.5. The van der Waals surface area contributed by atoms with E-state index in [9.17, 15) is 22.8 Å². The lowest BCUT2D eigenvalue weighted by Crippen LogP contribution is -2.39. The monoisotopic (exact) mass is 470 g/mol. The molecule has 29 heavy (non-hydrogen) atoms. The van der Waals surface area contributed by atoms with E-state index in [1.54, 1.807) is 24.3 Å². The molecular weight excluding hydrogens is 453 g/mol. The summed E-state index contributed by atoms with van der Waals surface area (Å²) in [5.74, 6) is -1.49. The number of hydrogen-bond acceptors (Lipinski definition) is 4. The standard InChI is InChI=1S/C21H18BrF3O4/c1-28-17(26)19(11-14-5-3-2-4-6-14)12-20(13-22,29-18(19)27)15-7-9-16(10-8-15)21(23,24)25/h2-10H,11-13H2,1H3/t19-,20+/m0/s1. The van der Waals surface area contributed by atoms with Crippen LogP contribution in [0.3, 0.4) is 0 Å². The second-order valence-corrected chi connectivity index (χ2v) is 7.57. The first-order valence-electron chi connectivity index (χ1n) is 8.76. The molecule has 2 atom stereocenters. The number of halogens is 4. The molecule has 4 nitrogen and oxygen atoms in total. The number of alkyl halides is 4. The molecule has 1 heterocycles. The third-order valence-electron chi connectivity index (χ3n) is 5.15. The van der Waals surface area contributed by atoms with Crippen LogP contribution in [0, 0.1) is 5.41 Å². The smallest absolute Gasteiger partial charge is 0.416 e. The van der Waals surface area contributed by atoms with E-state index >= 15 is 0 Å². The number of benzene rings is 2. The van der Waals surface area contributed by atoms with Crippen LogP contribution in [0.5, 0.6) is 0 Å². The van der Waals surface area contributed by atoms with Gasteiger partial charge in [-0.05, 0) is 29.7 Å². The highest BCUT2D eigenvalue weighted by Gasteiger charge is 2.62.